The van der Waals surface area contributed by atoms with Gasteiger partial charge in [0, 0.05) is 10.0 Å². The van der Waals surface area contributed by atoms with Gasteiger partial charge in [0.05, 0.1) is 6.04 Å². The summed E-state index contributed by atoms with van der Waals surface area (Å²) in [5.74, 6) is -0.342. The van der Waals surface area contributed by atoms with Gasteiger partial charge in [0.15, 0.2) is 5.17 Å². The molecule has 118 valence electrons. The van der Waals surface area contributed by atoms with Crippen LogP contribution in [0, 0.1) is 5.82 Å². The summed E-state index contributed by atoms with van der Waals surface area (Å²) in [5.41, 5.74) is -0.148. The number of nitrogens with zero attached hydrogens (tertiary/aromatic N) is 1. The first-order chi connectivity index (χ1) is 10.2. The minimum absolute atomic E-state index is 0.342. The molecule has 1 aliphatic rings. The Balaban J connectivity index is 2.13. The molecule has 0 radical (unpaired) electrons. The molecule has 0 spiro atoms. The zero-order valence-corrected chi connectivity index (χ0v) is 14.8. The van der Waals surface area contributed by atoms with Gasteiger partial charge in [0.25, 0.3) is 0 Å². The molecule has 7 heteroatoms. The summed E-state index contributed by atoms with van der Waals surface area (Å²) in [6, 6.07) is 4.20. The molecule has 0 aliphatic carbocycles. The third-order valence-electron chi connectivity index (χ3n) is 2.58. The van der Waals surface area contributed by atoms with Crippen LogP contribution in [0.3, 0.4) is 0 Å². The molecule has 0 bridgehead atoms. The van der Waals surface area contributed by atoms with Gasteiger partial charge in [0.2, 0.25) is 0 Å². The van der Waals surface area contributed by atoms with Crippen LogP contribution < -0.4 is 5.32 Å². The summed E-state index contributed by atoms with van der Waals surface area (Å²) in [6.07, 6.45) is 1.19. The zero-order valence-electron chi connectivity index (χ0n) is 12.4. The number of hydrogen-bond donors (Lipinski definition) is 1. The Morgan fingerprint density at radius 3 is 2.86 bits per heavy atom. The van der Waals surface area contributed by atoms with Crippen LogP contribution in [0.15, 0.2) is 39.1 Å². The van der Waals surface area contributed by atoms with Crippen LogP contribution >= 0.6 is 27.7 Å². The molecule has 1 aromatic rings. The Morgan fingerprint density at radius 2 is 2.18 bits per heavy atom. The first kappa shape index (κ1) is 17.0. The maximum atomic E-state index is 13.9. The van der Waals surface area contributed by atoms with Gasteiger partial charge in [-0.1, -0.05) is 27.7 Å². The summed E-state index contributed by atoms with van der Waals surface area (Å²) in [4.78, 5) is 16.1. The first-order valence-electron chi connectivity index (χ1n) is 6.61. The molecule has 0 fully saturated rings. The van der Waals surface area contributed by atoms with Crippen LogP contribution in [-0.4, -0.2) is 16.9 Å². The minimum atomic E-state index is -0.588. The summed E-state index contributed by atoms with van der Waals surface area (Å²) >= 11 is 4.57. The lowest BCUT2D eigenvalue weighted by Crippen LogP contribution is -2.35. The number of ether oxygens (including phenoxy) is 1. The summed E-state index contributed by atoms with van der Waals surface area (Å²) < 4.78 is 19.9. The average Bonchev–Trinajstić information content (AvgIpc) is 2.39. The lowest BCUT2D eigenvalue weighted by molar-refractivity contribution is 0.0564. The molecule has 22 heavy (non-hydrogen) atoms. The number of nitrogens with one attached hydrogen (secondary N) is 1. The SMILES string of the molecule is CC(C)(C)OC(=O)NC1=NC(c2cc(Br)ccc2F)C=CS1. The normalized spacial score (nSPS) is 17.9. The average molecular weight is 387 g/mol. The minimum Gasteiger partial charge on any atom is -0.444 e. The first-order valence-corrected chi connectivity index (χ1v) is 8.28. The molecule has 1 unspecified atom stereocenters. The van der Waals surface area contributed by atoms with Crippen LogP contribution in [0.1, 0.15) is 32.4 Å². The number of benzene rings is 1. The molecular weight excluding hydrogens is 371 g/mol. The largest absolute Gasteiger partial charge is 0.444 e. The third-order valence-corrected chi connectivity index (χ3v) is 3.80. The Kier molecular flexibility index (Phi) is 5.28. The Morgan fingerprint density at radius 1 is 1.45 bits per heavy atom. The maximum absolute atomic E-state index is 13.9. The van der Waals surface area contributed by atoms with E-state index >= 15 is 0 Å². The second-order valence-corrected chi connectivity index (χ2v) is 7.43. The molecular formula is C15H16BrFN2O2S. The Labute approximate surface area is 141 Å². The molecule has 4 nitrogen and oxygen atoms in total. The molecule has 0 saturated carbocycles. The lowest BCUT2D eigenvalue weighted by atomic mass is 10.1. The molecule has 1 N–H and O–H groups in total. The fourth-order valence-corrected chi connectivity index (χ4v) is 2.80. The smallest absolute Gasteiger partial charge is 0.413 e. The number of carbonyl (C=O) groups is 1. The van der Waals surface area contributed by atoms with E-state index in [4.69, 9.17) is 4.74 Å². The lowest BCUT2D eigenvalue weighted by Gasteiger charge is -2.21. The highest BCUT2D eigenvalue weighted by atomic mass is 79.9. The summed E-state index contributed by atoms with van der Waals surface area (Å²) in [7, 11) is 0. The van der Waals surface area contributed by atoms with Crippen LogP contribution in [0.2, 0.25) is 0 Å². The van der Waals surface area contributed by atoms with Crippen LogP contribution in [0.5, 0.6) is 0 Å². The van der Waals surface area contributed by atoms with Crippen molar-refractivity contribution in [2.75, 3.05) is 0 Å². The van der Waals surface area contributed by atoms with Crippen molar-refractivity contribution in [1.29, 1.82) is 0 Å². The fourth-order valence-electron chi connectivity index (χ4n) is 1.75. The quantitative estimate of drug-likeness (QED) is 0.755. The van der Waals surface area contributed by atoms with Gasteiger partial charge in [-0.15, -0.1) is 0 Å². The standard InChI is InChI=1S/C15H16BrFN2O2S/c1-15(2,3)21-14(20)19-13-18-12(6-7-22-13)10-8-9(16)4-5-11(10)17/h4-8,12H,1-3H3,(H,18,19,20). The number of amides is 1. The molecule has 1 aliphatic heterocycles. The van der Waals surface area contributed by atoms with Gasteiger partial charge >= 0.3 is 6.09 Å². The zero-order chi connectivity index (χ0) is 16.3. The highest BCUT2D eigenvalue weighted by Gasteiger charge is 2.21. The van der Waals surface area contributed by atoms with Crippen molar-refractivity contribution in [2.45, 2.75) is 32.4 Å². The molecule has 1 atom stereocenters. The molecule has 0 saturated heterocycles. The van der Waals surface area contributed by atoms with E-state index < -0.39 is 17.7 Å². The number of halogens is 2. The summed E-state index contributed by atoms with van der Waals surface area (Å²) in [6.45, 7) is 5.34. The third kappa shape index (κ3) is 4.84. The van der Waals surface area contributed by atoms with E-state index in [1.165, 1.54) is 17.8 Å². The topological polar surface area (TPSA) is 50.7 Å². The molecule has 1 amide bonds. The molecule has 2 rings (SSSR count). The summed E-state index contributed by atoms with van der Waals surface area (Å²) in [5, 5.41) is 4.72. The highest BCUT2D eigenvalue weighted by molar-refractivity contribution is 9.10. The number of aliphatic imine (C=N–C) groups is 1. The predicted octanol–water partition coefficient (Wildman–Crippen LogP) is 4.77. The molecule has 0 aromatic heterocycles. The van der Waals surface area contributed by atoms with E-state index in [1.54, 1.807) is 44.4 Å². The molecule has 1 heterocycles. The monoisotopic (exact) mass is 386 g/mol. The maximum Gasteiger partial charge on any atom is 0.413 e. The van der Waals surface area contributed by atoms with E-state index in [9.17, 15) is 9.18 Å². The van der Waals surface area contributed by atoms with Crippen molar-refractivity contribution in [1.82, 2.24) is 5.32 Å². The van der Waals surface area contributed by atoms with Gasteiger partial charge in [-0.05, 0) is 50.5 Å². The van der Waals surface area contributed by atoms with Crippen LogP contribution in [0.25, 0.3) is 0 Å². The van der Waals surface area contributed by atoms with Gasteiger partial charge in [0.1, 0.15) is 11.4 Å². The van der Waals surface area contributed by atoms with Gasteiger partial charge in [-0.25, -0.2) is 14.2 Å². The number of rotatable bonds is 1. The van der Waals surface area contributed by atoms with Crippen molar-refractivity contribution >= 4 is 39.0 Å². The van der Waals surface area contributed by atoms with E-state index in [0.29, 0.717) is 10.7 Å². The number of alkyl carbamates (subject to hydrolysis) is 1. The van der Waals surface area contributed by atoms with Gasteiger partial charge in [-0.2, -0.15) is 0 Å². The molecule has 1 aromatic carbocycles. The van der Waals surface area contributed by atoms with Crippen molar-refractivity contribution in [3.63, 3.8) is 0 Å². The Bertz CT molecular complexity index is 641. The number of hydrogen-bond acceptors (Lipinski definition) is 4. The van der Waals surface area contributed by atoms with Crippen LogP contribution in [-0.2, 0) is 4.74 Å². The number of amidine groups is 1. The van der Waals surface area contributed by atoms with Crippen molar-refractivity contribution in [3.8, 4) is 0 Å². The predicted molar refractivity (Wildman–Crippen MR) is 90.4 cm³/mol. The number of carbonyl (C=O) groups excluding carboxylic acids is 1. The van der Waals surface area contributed by atoms with Gasteiger partial charge in [-0.3, -0.25) is 5.32 Å². The van der Waals surface area contributed by atoms with Crippen molar-refractivity contribution in [3.05, 3.63) is 45.5 Å². The number of thioether (sulfide) groups is 1. The Hall–Kier alpha value is -1.34. The van der Waals surface area contributed by atoms with E-state index in [2.05, 4.69) is 26.2 Å². The van der Waals surface area contributed by atoms with Crippen molar-refractivity contribution < 1.29 is 13.9 Å². The second kappa shape index (κ2) is 6.83. The van der Waals surface area contributed by atoms with E-state index in [1.807, 2.05) is 0 Å². The fraction of sp³-hybridized carbons (Fsp3) is 0.333. The van der Waals surface area contributed by atoms with Crippen LogP contribution in [0.4, 0.5) is 9.18 Å². The van der Waals surface area contributed by atoms with Gasteiger partial charge < -0.3 is 4.74 Å². The highest BCUT2D eigenvalue weighted by Crippen LogP contribution is 2.30. The van der Waals surface area contributed by atoms with E-state index in [0.717, 1.165) is 4.47 Å². The van der Waals surface area contributed by atoms with Crippen molar-refractivity contribution in [2.24, 2.45) is 4.99 Å². The van der Waals surface area contributed by atoms with E-state index in [-0.39, 0.29) is 5.82 Å². The second-order valence-electron chi connectivity index (χ2n) is 5.62.